The Morgan fingerprint density at radius 1 is 1.13 bits per heavy atom. The Bertz CT molecular complexity index is 957. The lowest BCUT2D eigenvalue weighted by atomic mass is 9.97. The van der Waals surface area contributed by atoms with Crippen molar-refractivity contribution < 1.29 is 19.0 Å². The van der Waals surface area contributed by atoms with Gasteiger partial charge in [-0.1, -0.05) is 42.1 Å². The van der Waals surface area contributed by atoms with E-state index in [4.69, 9.17) is 19.2 Å². The number of hydrogen-bond donors (Lipinski definition) is 1. The Kier molecular flexibility index (Phi) is 7.41. The molecule has 1 aliphatic rings. The number of esters is 1. The van der Waals surface area contributed by atoms with Crippen molar-refractivity contribution in [1.29, 1.82) is 0 Å². The van der Waals surface area contributed by atoms with Crippen molar-refractivity contribution in [1.82, 2.24) is 5.32 Å². The van der Waals surface area contributed by atoms with Crippen molar-refractivity contribution in [3.05, 3.63) is 70.9 Å². The highest BCUT2D eigenvalue weighted by Crippen LogP contribution is 2.34. The predicted octanol–water partition coefficient (Wildman–Crippen LogP) is 4.47. The maximum Gasteiger partial charge on any atom is 0.338 e. The van der Waals surface area contributed by atoms with Crippen LogP contribution in [0.3, 0.4) is 0 Å². The van der Waals surface area contributed by atoms with Crippen molar-refractivity contribution in [3.63, 3.8) is 0 Å². The van der Waals surface area contributed by atoms with Gasteiger partial charge in [0.25, 0.3) is 0 Å². The molecule has 1 heterocycles. The summed E-state index contributed by atoms with van der Waals surface area (Å²) in [5.41, 5.74) is 3.22. The number of carbonyl (C=O) groups is 1. The van der Waals surface area contributed by atoms with Crippen LogP contribution in [0.5, 0.6) is 11.5 Å². The first kappa shape index (κ1) is 21.8. The van der Waals surface area contributed by atoms with Gasteiger partial charge in [0, 0.05) is 17.0 Å². The minimum Gasteiger partial charge on any atom is -0.497 e. The van der Waals surface area contributed by atoms with Gasteiger partial charge in [-0.3, -0.25) is 0 Å². The molecule has 1 N–H and O–H groups in total. The van der Waals surface area contributed by atoms with Crippen LogP contribution in [-0.2, 0) is 15.3 Å². The molecule has 7 heteroatoms. The van der Waals surface area contributed by atoms with Crippen LogP contribution >= 0.6 is 11.8 Å². The SMILES string of the molecule is CCOC(=O)C1=C(C)NC(SCc2cc(OC)ccc2OC)=N[C@H]1c1ccccc1. The number of nitrogens with zero attached hydrogens (tertiary/aromatic N) is 1. The van der Waals surface area contributed by atoms with Crippen molar-refractivity contribution >= 4 is 22.9 Å². The van der Waals surface area contributed by atoms with Crippen molar-refractivity contribution in [2.75, 3.05) is 20.8 Å². The molecule has 2 aromatic rings. The number of rotatable bonds is 7. The zero-order valence-electron chi connectivity index (χ0n) is 17.6. The van der Waals surface area contributed by atoms with Gasteiger partial charge in [0.2, 0.25) is 0 Å². The molecule has 0 bridgehead atoms. The molecule has 2 aromatic carbocycles. The van der Waals surface area contributed by atoms with Gasteiger partial charge in [-0.15, -0.1) is 0 Å². The van der Waals surface area contributed by atoms with Crippen molar-refractivity contribution in [2.45, 2.75) is 25.6 Å². The third kappa shape index (κ3) is 4.97. The maximum absolute atomic E-state index is 12.6. The number of carbonyl (C=O) groups excluding carboxylic acids is 1. The highest BCUT2D eigenvalue weighted by atomic mass is 32.2. The minimum atomic E-state index is -0.416. The minimum absolute atomic E-state index is 0.318. The first-order valence-corrected chi connectivity index (χ1v) is 10.7. The summed E-state index contributed by atoms with van der Waals surface area (Å²) >= 11 is 1.55. The summed E-state index contributed by atoms with van der Waals surface area (Å²) < 4.78 is 16.1. The molecule has 0 amide bonds. The molecule has 1 aliphatic heterocycles. The number of ether oxygens (including phenoxy) is 3. The normalized spacial score (nSPS) is 15.9. The van der Waals surface area contributed by atoms with Crippen LogP contribution in [0.25, 0.3) is 0 Å². The number of allylic oxidation sites excluding steroid dienone is 1. The molecule has 0 aliphatic carbocycles. The number of amidine groups is 1. The van der Waals surface area contributed by atoms with Crippen LogP contribution < -0.4 is 14.8 Å². The number of hydrogen-bond acceptors (Lipinski definition) is 7. The van der Waals surface area contributed by atoms with Gasteiger partial charge in [-0.25, -0.2) is 9.79 Å². The molecule has 0 radical (unpaired) electrons. The number of benzene rings is 2. The zero-order valence-corrected chi connectivity index (χ0v) is 18.4. The summed E-state index contributed by atoms with van der Waals surface area (Å²) in [6, 6.07) is 15.1. The second-order valence-electron chi connectivity index (χ2n) is 6.60. The van der Waals surface area contributed by atoms with E-state index in [0.29, 0.717) is 17.9 Å². The van der Waals surface area contributed by atoms with Gasteiger partial charge in [0.05, 0.1) is 26.4 Å². The van der Waals surface area contributed by atoms with E-state index in [-0.39, 0.29) is 5.97 Å². The third-order valence-corrected chi connectivity index (χ3v) is 5.62. The largest absolute Gasteiger partial charge is 0.497 e. The fourth-order valence-electron chi connectivity index (χ4n) is 3.21. The lowest BCUT2D eigenvalue weighted by Crippen LogP contribution is -2.30. The van der Waals surface area contributed by atoms with Crippen LogP contribution in [0.2, 0.25) is 0 Å². The lowest BCUT2D eigenvalue weighted by molar-refractivity contribution is -0.138. The summed E-state index contributed by atoms with van der Waals surface area (Å²) in [5.74, 6) is 1.85. The Morgan fingerprint density at radius 3 is 2.57 bits per heavy atom. The zero-order chi connectivity index (χ0) is 21.5. The fraction of sp³-hybridized carbons (Fsp3) is 0.304. The summed E-state index contributed by atoms with van der Waals surface area (Å²) in [4.78, 5) is 17.4. The number of nitrogens with one attached hydrogen (secondary N) is 1. The van der Waals surface area contributed by atoms with Gasteiger partial charge in [-0.05, 0) is 37.6 Å². The second kappa shape index (κ2) is 10.2. The molecule has 1 atom stereocenters. The Hall–Kier alpha value is -2.93. The van der Waals surface area contributed by atoms with E-state index in [9.17, 15) is 4.79 Å². The van der Waals surface area contributed by atoms with E-state index in [1.807, 2.05) is 55.5 Å². The summed E-state index contributed by atoms with van der Waals surface area (Å²) in [6.07, 6.45) is 0. The van der Waals surface area contributed by atoms with E-state index in [1.165, 1.54) is 0 Å². The molecule has 158 valence electrons. The molecule has 0 spiro atoms. The molecular formula is C23H26N2O4S. The van der Waals surface area contributed by atoms with E-state index >= 15 is 0 Å². The summed E-state index contributed by atoms with van der Waals surface area (Å²) in [6.45, 7) is 4.00. The molecule has 0 fully saturated rings. The average molecular weight is 427 g/mol. The smallest absolute Gasteiger partial charge is 0.338 e. The third-order valence-electron chi connectivity index (χ3n) is 4.68. The number of thioether (sulfide) groups is 1. The van der Waals surface area contributed by atoms with Crippen molar-refractivity contribution in [2.24, 2.45) is 4.99 Å². The highest BCUT2D eigenvalue weighted by Gasteiger charge is 2.30. The molecule has 0 saturated carbocycles. The number of aliphatic imine (C=N–C) groups is 1. The Morgan fingerprint density at radius 2 is 1.90 bits per heavy atom. The monoisotopic (exact) mass is 426 g/mol. The Balaban J connectivity index is 1.87. The van der Waals surface area contributed by atoms with Gasteiger partial charge >= 0.3 is 5.97 Å². The molecular weight excluding hydrogens is 400 g/mol. The molecule has 0 unspecified atom stereocenters. The summed E-state index contributed by atoms with van der Waals surface area (Å²) in [5, 5.41) is 4.00. The van der Waals surface area contributed by atoms with Crippen LogP contribution in [0, 0.1) is 0 Å². The second-order valence-corrected chi connectivity index (χ2v) is 7.56. The molecule has 6 nitrogen and oxygen atoms in total. The van der Waals surface area contributed by atoms with Crippen LogP contribution in [0.1, 0.15) is 31.0 Å². The lowest BCUT2D eigenvalue weighted by Gasteiger charge is -2.26. The highest BCUT2D eigenvalue weighted by molar-refractivity contribution is 8.13. The van der Waals surface area contributed by atoms with Gasteiger partial charge in [0.1, 0.15) is 17.5 Å². The molecule has 30 heavy (non-hydrogen) atoms. The molecule has 0 saturated heterocycles. The predicted molar refractivity (Wildman–Crippen MR) is 120 cm³/mol. The van der Waals surface area contributed by atoms with Gasteiger partial charge in [-0.2, -0.15) is 0 Å². The van der Waals surface area contributed by atoms with Crippen LogP contribution in [0.15, 0.2) is 64.8 Å². The van der Waals surface area contributed by atoms with Crippen LogP contribution in [0.4, 0.5) is 0 Å². The fourth-order valence-corrected chi connectivity index (χ4v) is 4.13. The maximum atomic E-state index is 12.6. The van der Waals surface area contributed by atoms with Gasteiger partial charge < -0.3 is 19.5 Å². The first-order valence-electron chi connectivity index (χ1n) is 9.68. The van der Waals surface area contributed by atoms with Gasteiger partial charge in [0.15, 0.2) is 5.17 Å². The Labute approximate surface area is 181 Å². The van der Waals surface area contributed by atoms with Crippen molar-refractivity contribution in [3.8, 4) is 11.5 Å². The van der Waals surface area contributed by atoms with E-state index in [1.54, 1.807) is 32.9 Å². The standard InChI is InChI=1S/C23H26N2O4S/c1-5-29-22(26)20-15(2)24-23(25-21(20)16-9-7-6-8-10-16)30-14-17-13-18(27-3)11-12-19(17)28-4/h6-13,21H,5,14H2,1-4H3,(H,24,25)/t21-/m0/s1. The average Bonchev–Trinajstić information content (AvgIpc) is 2.77. The van der Waals surface area contributed by atoms with E-state index < -0.39 is 6.04 Å². The molecule has 0 aromatic heterocycles. The summed E-state index contributed by atoms with van der Waals surface area (Å²) in [7, 11) is 3.29. The van der Waals surface area contributed by atoms with E-state index in [2.05, 4.69) is 5.32 Å². The van der Waals surface area contributed by atoms with Crippen LogP contribution in [-0.4, -0.2) is 32.0 Å². The van der Waals surface area contributed by atoms with E-state index in [0.717, 1.165) is 33.5 Å². The number of methoxy groups -OCH3 is 2. The quantitative estimate of drug-likeness (QED) is 0.659. The topological polar surface area (TPSA) is 69.2 Å². The molecule has 3 rings (SSSR count). The first-order chi connectivity index (χ1) is 14.6.